The summed E-state index contributed by atoms with van der Waals surface area (Å²) in [6, 6.07) is 11.7. The zero-order valence-electron chi connectivity index (χ0n) is 9.19. The molecule has 0 atom stereocenters. The van der Waals surface area contributed by atoms with Crippen LogP contribution in [-0.4, -0.2) is 8.07 Å². The van der Waals surface area contributed by atoms with Crippen LogP contribution in [0.4, 0.5) is 0 Å². The van der Waals surface area contributed by atoms with Crippen LogP contribution in [0, 0.1) is 0 Å². The SMILES string of the molecule is CC[Si](CC)(c1cccs1)c1cccs1. The Morgan fingerprint density at radius 2 is 1.40 bits per heavy atom. The minimum atomic E-state index is -1.35. The molecule has 0 saturated carbocycles. The van der Waals surface area contributed by atoms with Crippen molar-refractivity contribution in [2.45, 2.75) is 25.9 Å². The highest BCUT2D eigenvalue weighted by Crippen LogP contribution is 2.20. The standard InChI is InChI=1S/C12H16S2Si/c1-3-15(4-2,11-7-5-9-13-11)12-8-6-10-14-12/h5-10H,3-4H2,1-2H3. The molecule has 0 spiro atoms. The highest BCUT2D eigenvalue weighted by atomic mass is 32.1. The van der Waals surface area contributed by atoms with Crippen molar-refractivity contribution in [3.8, 4) is 0 Å². The van der Waals surface area contributed by atoms with E-state index in [9.17, 15) is 0 Å². The summed E-state index contributed by atoms with van der Waals surface area (Å²) in [4.78, 5) is 0. The van der Waals surface area contributed by atoms with Crippen molar-refractivity contribution in [2.24, 2.45) is 0 Å². The van der Waals surface area contributed by atoms with E-state index in [0.29, 0.717) is 0 Å². The van der Waals surface area contributed by atoms with E-state index >= 15 is 0 Å². The van der Waals surface area contributed by atoms with Gasteiger partial charge in [0.2, 0.25) is 0 Å². The third-order valence-electron chi connectivity index (χ3n) is 3.19. The lowest BCUT2D eigenvalue weighted by Crippen LogP contribution is -2.54. The van der Waals surface area contributed by atoms with Crippen LogP contribution >= 0.6 is 22.7 Å². The second kappa shape index (κ2) is 4.64. The minimum absolute atomic E-state index is 1.32. The third-order valence-corrected chi connectivity index (χ3v) is 12.2. The molecular formula is C12H16S2Si. The number of rotatable bonds is 4. The van der Waals surface area contributed by atoms with Crippen LogP contribution in [0.2, 0.25) is 12.1 Å². The normalized spacial score (nSPS) is 11.9. The first kappa shape index (κ1) is 11.1. The maximum atomic E-state index is 2.36. The minimum Gasteiger partial charge on any atom is -0.153 e. The Morgan fingerprint density at radius 3 is 1.67 bits per heavy atom. The van der Waals surface area contributed by atoms with Crippen LogP contribution in [0.3, 0.4) is 0 Å². The van der Waals surface area contributed by atoms with Gasteiger partial charge in [-0.2, -0.15) is 22.7 Å². The Labute approximate surface area is 101 Å². The lowest BCUT2D eigenvalue weighted by atomic mass is 10.7. The van der Waals surface area contributed by atoms with Crippen molar-refractivity contribution in [3.63, 3.8) is 0 Å². The topological polar surface area (TPSA) is 0 Å². The first-order valence-corrected chi connectivity index (χ1v) is 9.59. The van der Waals surface area contributed by atoms with Gasteiger partial charge in [-0.3, -0.25) is 0 Å². The van der Waals surface area contributed by atoms with E-state index in [1.165, 1.54) is 12.1 Å². The Morgan fingerprint density at radius 1 is 0.933 bits per heavy atom. The Bertz CT molecular complexity index is 349. The molecule has 2 heterocycles. The largest absolute Gasteiger partial charge is 0.153 e. The van der Waals surface area contributed by atoms with Crippen molar-refractivity contribution in [1.82, 2.24) is 0 Å². The fraction of sp³-hybridized carbons (Fsp3) is 0.333. The summed E-state index contributed by atoms with van der Waals surface area (Å²) in [7, 11) is -1.35. The first-order chi connectivity index (χ1) is 7.33. The fourth-order valence-corrected chi connectivity index (χ4v) is 10.9. The summed E-state index contributed by atoms with van der Waals surface area (Å²) in [5.74, 6) is 0. The molecule has 0 nitrogen and oxygen atoms in total. The van der Waals surface area contributed by atoms with Gasteiger partial charge in [0.05, 0.1) is 0 Å². The molecule has 2 rings (SSSR count). The molecule has 3 heteroatoms. The second-order valence-corrected chi connectivity index (χ2v) is 11.0. The van der Waals surface area contributed by atoms with E-state index in [-0.39, 0.29) is 0 Å². The van der Waals surface area contributed by atoms with E-state index in [2.05, 4.69) is 48.9 Å². The molecule has 0 fully saturated rings. The van der Waals surface area contributed by atoms with Crippen molar-refractivity contribution >= 4 is 39.7 Å². The fourth-order valence-electron chi connectivity index (χ4n) is 2.17. The molecule has 0 aliphatic heterocycles. The maximum Gasteiger partial charge on any atom is 0.142 e. The van der Waals surface area contributed by atoms with Gasteiger partial charge < -0.3 is 0 Å². The van der Waals surface area contributed by atoms with Crippen LogP contribution in [0.25, 0.3) is 0 Å². The highest BCUT2D eigenvalue weighted by Gasteiger charge is 2.35. The summed E-state index contributed by atoms with van der Waals surface area (Å²) >= 11 is 3.89. The van der Waals surface area contributed by atoms with Crippen LogP contribution in [0.5, 0.6) is 0 Å². The monoisotopic (exact) mass is 252 g/mol. The maximum absolute atomic E-state index is 2.36. The van der Waals surface area contributed by atoms with Gasteiger partial charge in [0.1, 0.15) is 8.07 Å². The first-order valence-electron chi connectivity index (χ1n) is 5.41. The molecule has 2 aromatic rings. The summed E-state index contributed by atoms with van der Waals surface area (Å²) < 4.78 is 3.30. The second-order valence-electron chi connectivity index (χ2n) is 3.74. The molecule has 0 unspecified atom stereocenters. The van der Waals surface area contributed by atoms with Crippen molar-refractivity contribution in [2.75, 3.05) is 0 Å². The van der Waals surface area contributed by atoms with Gasteiger partial charge in [-0.1, -0.05) is 50.2 Å². The van der Waals surface area contributed by atoms with E-state index in [0.717, 1.165) is 0 Å². The lowest BCUT2D eigenvalue weighted by Gasteiger charge is -2.26. The van der Waals surface area contributed by atoms with Crippen molar-refractivity contribution < 1.29 is 0 Å². The smallest absolute Gasteiger partial charge is 0.142 e. The van der Waals surface area contributed by atoms with E-state index < -0.39 is 8.07 Å². The molecule has 0 radical (unpaired) electrons. The van der Waals surface area contributed by atoms with Crippen molar-refractivity contribution in [3.05, 3.63) is 35.0 Å². The molecule has 0 aliphatic carbocycles. The van der Waals surface area contributed by atoms with Gasteiger partial charge in [0.25, 0.3) is 0 Å². The zero-order valence-corrected chi connectivity index (χ0v) is 11.8. The average molecular weight is 252 g/mol. The van der Waals surface area contributed by atoms with E-state index in [1.54, 1.807) is 9.00 Å². The lowest BCUT2D eigenvalue weighted by molar-refractivity contribution is 1.30. The van der Waals surface area contributed by atoms with Gasteiger partial charge in [-0.05, 0) is 19.8 Å². The summed E-state index contributed by atoms with van der Waals surface area (Å²) in [5, 5.41) is 4.44. The van der Waals surface area contributed by atoms with Crippen LogP contribution in [-0.2, 0) is 0 Å². The molecule has 15 heavy (non-hydrogen) atoms. The summed E-state index contributed by atoms with van der Waals surface area (Å²) in [6.07, 6.45) is 0. The van der Waals surface area contributed by atoms with Crippen LogP contribution < -0.4 is 9.00 Å². The molecule has 0 bridgehead atoms. The zero-order chi connectivity index (χ0) is 10.7. The molecule has 0 amide bonds. The Balaban J connectivity index is 2.50. The van der Waals surface area contributed by atoms with E-state index in [1.807, 2.05) is 22.7 Å². The number of thiophene rings is 2. The number of hydrogen-bond donors (Lipinski definition) is 0. The van der Waals surface area contributed by atoms with Gasteiger partial charge in [0, 0.05) is 0 Å². The number of hydrogen-bond acceptors (Lipinski definition) is 2. The Kier molecular flexibility index (Phi) is 3.44. The predicted molar refractivity (Wildman–Crippen MR) is 74.6 cm³/mol. The summed E-state index contributed by atoms with van der Waals surface area (Å²) in [6.45, 7) is 4.71. The Hall–Kier alpha value is -0.383. The van der Waals surface area contributed by atoms with Gasteiger partial charge in [-0.25, -0.2) is 0 Å². The van der Waals surface area contributed by atoms with E-state index in [4.69, 9.17) is 0 Å². The molecular weight excluding hydrogens is 236 g/mol. The van der Waals surface area contributed by atoms with Gasteiger partial charge >= 0.3 is 0 Å². The predicted octanol–water partition coefficient (Wildman–Crippen LogP) is 3.41. The quantitative estimate of drug-likeness (QED) is 0.732. The molecule has 0 aliphatic rings. The van der Waals surface area contributed by atoms with Crippen molar-refractivity contribution in [1.29, 1.82) is 0 Å². The van der Waals surface area contributed by atoms with Gasteiger partial charge in [0.15, 0.2) is 0 Å². The molecule has 0 N–H and O–H groups in total. The highest BCUT2D eigenvalue weighted by molar-refractivity contribution is 7.36. The third kappa shape index (κ3) is 1.84. The van der Waals surface area contributed by atoms with Gasteiger partial charge in [-0.15, -0.1) is 0 Å². The molecule has 80 valence electrons. The average Bonchev–Trinajstić information content (AvgIpc) is 2.92. The van der Waals surface area contributed by atoms with Crippen LogP contribution in [0.15, 0.2) is 35.0 Å². The van der Waals surface area contributed by atoms with Crippen LogP contribution in [0.1, 0.15) is 13.8 Å². The molecule has 0 saturated heterocycles. The molecule has 2 aromatic heterocycles. The summed E-state index contributed by atoms with van der Waals surface area (Å²) in [5.41, 5.74) is 0. The molecule has 0 aromatic carbocycles.